The van der Waals surface area contributed by atoms with Gasteiger partial charge in [0.1, 0.15) is 5.75 Å². The van der Waals surface area contributed by atoms with E-state index in [0.717, 1.165) is 36.2 Å². The van der Waals surface area contributed by atoms with Crippen molar-refractivity contribution in [1.82, 2.24) is 10.3 Å². The van der Waals surface area contributed by atoms with E-state index in [-0.39, 0.29) is 0 Å². The van der Waals surface area contributed by atoms with Crippen molar-refractivity contribution in [3.63, 3.8) is 0 Å². The molecule has 1 aromatic heterocycles. The van der Waals surface area contributed by atoms with E-state index in [1.54, 1.807) is 11.3 Å². The van der Waals surface area contributed by atoms with Crippen molar-refractivity contribution in [3.05, 3.63) is 44.8 Å². The molecule has 0 radical (unpaired) electrons. The maximum atomic E-state index is 5.69. The lowest BCUT2D eigenvalue weighted by Gasteiger charge is -2.27. The largest absolute Gasteiger partial charge is 0.493 e. The van der Waals surface area contributed by atoms with E-state index < -0.39 is 0 Å². The molecule has 1 aliphatic heterocycles. The molecule has 1 N–H and O–H groups in total. The molecule has 0 aliphatic carbocycles. The van der Waals surface area contributed by atoms with Gasteiger partial charge in [-0.2, -0.15) is 0 Å². The van der Waals surface area contributed by atoms with Crippen molar-refractivity contribution >= 4 is 27.3 Å². The summed E-state index contributed by atoms with van der Waals surface area (Å²) in [7, 11) is 0. The van der Waals surface area contributed by atoms with Gasteiger partial charge in [-0.3, -0.25) is 0 Å². The highest BCUT2D eigenvalue weighted by atomic mass is 79.9. The molecule has 1 atom stereocenters. The Morgan fingerprint density at radius 2 is 2.42 bits per heavy atom. The predicted molar refractivity (Wildman–Crippen MR) is 80.8 cm³/mol. The first kappa shape index (κ1) is 13.1. The van der Waals surface area contributed by atoms with Crippen LogP contribution in [0.1, 0.15) is 23.7 Å². The molecule has 0 spiro atoms. The van der Waals surface area contributed by atoms with E-state index in [1.165, 1.54) is 11.3 Å². The third kappa shape index (κ3) is 3.16. The molecule has 0 saturated carbocycles. The predicted octanol–water partition coefficient (Wildman–Crippen LogP) is 3.56. The van der Waals surface area contributed by atoms with Crippen LogP contribution in [0.4, 0.5) is 0 Å². The van der Waals surface area contributed by atoms with Crippen LogP contribution >= 0.6 is 27.3 Å². The zero-order chi connectivity index (χ0) is 13.1. The smallest absolute Gasteiger partial charge is 0.124 e. The Morgan fingerprint density at radius 1 is 1.47 bits per heavy atom. The number of rotatable bonds is 4. The molecular weight excluding hydrogens is 324 g/mol. The average molecular weight is 339 g/mol. The van der Waals surface area contributed by atoms with E-state index in [4.69, 9.17) is 4.74 Å². The Morgan fingerprint density at radius 3 is 3.26 bits per heavy atom. The number of hydrogen-bond donors (Lipinski definition) is 1. The lowest BCUT2D eigenvalue weighted by molar-refractivity contribution is 0.253. The first-order chi connectivity index (χ1) is 9.33. The molecule has 19 heavy (non-hydrogen) atoms. The molecule has 5 heteroatoms. The van der Waals surface area contributed by atoms with Gasteiger partial charge in [-0.15, -0.1) is 11.3 Å². The van der Waals surface area contributed by atoms with E-state index in [2.05, 4.69) is 37.7 Å². The Labute approximate surface area is 125 Å². The SMILES string of the molecule is Brc1ccc2c(c1)C(NCCc1cscn1)CCO2. The quantitative estimate of drug-likeness (QED) is 0.925. The highest BCUT2D eigenvalue weighted by Gasteiger charge is 2.20. The Hall–Kier alpha value is -0.910. The van der Waals surface area contributed by atoms with Crippen LogP contribution in [0.2, 0.25) is 0 Å². The summed E-state index contributed by atoms with van der Waals surface area (Å²) in [6.07, 6.45) is 1.99. The zero-order valence-corrected chi connectivity index (χ0v) is 12.8. The summed E-state index contributed by atoms with van der Waals surface area (Å²) in [5.74, 6) is 1.00. The molecule has 0 amide bonds. The van der Waals surface area contributed by atoms with Crippen LogP contribution in [-0.2, 0) is 6.42 Å². The number of aromatic nitrogens is 1. The third-order valence-electron chi connectivity index (χ3n) is 3.27. The lowest BCUT2D eigenvalue weighted by atomic mass is 10.0. The maximum Gasteiger partial charge on any atom is 0.124 e. The minimum atomic E-state index is 0.375. The fraction of sp³-hybridized carbons (Fsp3) is 0.357. The normalized spacial score (nSPS) is 17.8. The third-order valence-corrected chi connectivity index (χ3v) is 4.40. The van der Waals surface area contributed by atoms with Crippen LogP contribution in [-0.4, -0.2) is 18.1 Å². The van der Waals surface area contributed by atoms with Crippen LogP contribution in [0.3, 0.4) is 0 Å². The lowest BCUT2D eigenvalue weighted by Crippen LogP contribution is -2.28. The first-order valence-electron chi connectivity index (χ1n) is 6.35. The molecular formula is C14H15BrN2OS. The summed E-state index contributed by atoms with van der Waals surface area (Å²) in [5, 5.41) is 5.71. The van der Waals surface area contributed by atoms with E-state index >= 15 is 0 Å². The second-order valence-electron chi connectivity index (χ2n) is 4.56. The Bertz CT molecular complexity index is 544. The molecule has 2 heterocycles. The summed E-state index contributed by atoms with van der Waals surface area (Å²) in [6, 6.07) is 6.58. The number of benzene rings is 1. The number of thiazole rings is 1. The van der Waals surface area contributed by atoms with Crippen LogP contribution in [0.15, 0.2) is 33.6 Å². The van der Waals surface area contributed by atoms with Crippen molar-refractivity contribution < 1.29 is 4.74 Å². The van der Waals surface area contributed by atoms with Crippen molar-refractivity contribution in [2.75, 3.05) is 13.2 Å². The van der Waals surface area contributed by atoms with Gasteiger partial charge in [-0.1, -0.05) is 15.9 Å². The van der Waals surface area contributed by atoms with E-state index in [0.29, 0.717) is 6.04 Å². The monoisotopic (exact) mass is 338 g/mol. The summed E-state index contributed by atoms with van der Waals surface area (Å²) >= 11 is 5.18. The van der Waals surface area contributed by atoms with Crippen molar-refractivity contribution in [3.8, 4) is 5.75 Å². The van der Waals surface area contributed by atoms with Gasteiger partial charge in [-0.05, 0) is 18.2 Å². The molecule has 1 unspecified atom stereocenters. The Kier molecular flexibility index (Phi) is 4.15. The fourth-order valence-electron chi connectivity index (χ4n) is 2.31. The highest BCUT2D eigenvalue weighted by molar-refractivity contribution is 9.10. The van der Waals surface area contributed by atoms with Gasteiger partial charge in [-0.25, -0.2) is 4.98 Å². The summed E-state index contributed by atoms with van der Waals surface area (Å²) in [6.45, 7) is 1.73. The van der Waals surface area contributed by atoms with Crippen molar-refractivity contribution in [2.45, 2.75) is 18.9 Å². The standard InChI is InChI=1S/C14H15BrN2OS/c15-10-1-2-14-12(7-10)13(4-6-18-14)16-5-3-11-8-19-9-17-11/h1-2,7-9,13,16H,3-6H2. The Balaban J connectivity index is 1.64. The molecule has 0 fully saturated rings. The molecule has 100 valence electrons. The summed E-state index contributed by atoms with van der Waals surface area (Å²) in [4.78, 5) is 4.30. The molecule has 2 aromatic rings. The van der Waals surface area contributed by atoms with Gasteiger partial charge in [0.05, 0.1) is 17.8 Å². The number of hydrogen-bond acceptors (Lipinski definition) is 4. The topological polar surface area (TPSA) is 34.2 Å². The van der Waals surface area contributed by atoms with Crippen LogP contribution in [0.25, 0.3) is 0 Å². The first-order valence-corrected chi connectivity index (χ1v) is 8.09. The number of nitrogens with one attached hydrogen (secondary N) is 1. The minimum absolute atomic E-state index is 0.375. The summed E-state index contributed by atoms with van der Waals surface area (Å²) in [5.41, 5.74) is 4.30. The summed E-state index contributed by atoms with van der Waals surface area (Å²) < 4.78 is 6.79. The second kappa shape index (κ2) is 6.03. The van der Waals surface area contributed by atoms with Gasteiger partial charge < -0.3 is 10.1 Å². The van der Waals surface area contributed by atoms with E-state index in [1.807, 2.05) is 17.6 Å². The number of halogens is 1. The van der Waals surface area contributed by atoms with E-state index in [9.17, 15) is 0 Å². The molecule has 3 nitrogen and oxygen atoms in total. The number of nitrogens with zero attached hydrogens (tertiary/aromatic N) is 1. The molecule has 3 rings (SSSR count). The average Bonchev–Trinajstić information content (AvgIpc) is 2.92. The van der Waals surface area contributed by atoms with Gasteiger partial charge in [0.25, 0.3) is 0 Å². The second-order valence-corrected chi connectivity index (χ2v) is 6.19. The molecule has 0 bridgehead atoms. The van der Waals surface area contributed by atoms with Crippen LogP contribution in [0.5, 0.6) is 5.75 Å². The van der Waals surface area contributed by atoms with Crippen molar-refractivity contribution in [2.24, 2.45) is 0 Å². The van der Waals surface area contributed by atoms with Crippen molar-refractivity contribution in [1.29, 1.82) is 0 Å². The van der Waals surface area contributed by atoms with Crippen LogP contribution in [0, 0.1) is 0 Å². The minimum Gasteiger partial charge on any atom is -0.493 e. The molecule has 1 aliphatic rings. The van der Waals surface area contributed by atoms with Gasteiger partial charge in [0.15, 0.2) is 0 Å². The van der Waals surface area contributed by atoms with Gasteiger partial charge in [0.2, 0.25) is 0 Å². The maximum absolute atomic E-state index is 5.69. The highest BCUT2D eigenvalue weighted by Crippen LogP contribution is 2.33. The van der Waals surface area contributed by atoms with Gasteiger partial charge >= 0.3 is 0 Å². The van der Waals surface area contributed by atoms with Gasteiger partial charge in [0, 0.05) is 40.8 Å². The molecule has 0 saturated heterocycles. The number of ether oxygens (including phenoxy) is 1. The van der Waals surface area contributed by atoms with Crippen LogP contribution < -0.4 is 10.1 Å². The fourth-order valence-corrected chi connectivity index (χ4v) is 3.28. The molecule has 1 aromatic carbocycles. The zero-order valence-electron chi connectivity index (χ0n) is 10.4. The number of fused-ring (bicyclic) bond motifs is 1.